The van der Waals surface area contributed by atoms with Crippen molar-refractivity contribution in [1.82, 2.24) is 0 Å². The molecule has 0 aliphatic heterocycles. The maximum absolute atomic E-state index is 13.9. The SMILES string of the molecule is C=C(C)c1ccc(C)cc1-c1c(OP(C)(=O)OC(C)(C)OC(C)=O)cc(CCCCC)cc1OP(C)(=O)OC(C)(C)OC(C)=O. The zero-order chi connectivity index (χ0) is 34.4. The van der Waals surface area contributed by atoms with Gasteiger partial charge in [0.05, 0.1) is 18.9 Å². The van der Waals surface area contributed by atoms with E-state index in [1.54, 1.807) is 12.1 Å². The van der Waals surface area contributed by atoms with Crippen LogP contribution in [0.4, 0.5) is 0 Å². The number of ether oxygens (including phenoxy) is 2. The molecule has 0 aromatic heterocycles. The van der Waals surface area contributed by atoms with Gasteiger partial charge in [-0.1, -0.05) is 55.7 Å². The monoisotopic (exact) mass is 666 g/mol. The molecule has 0 aliphatic rings. The van der Waals surface area contributed by atoms with Crippen LogP contribution in [0.15, 0.2) is 36.9 Å². The van der Waals surface area contributed by atoms with E-state index in [2.05, 4.69) is 13.5 Å². The Morgan fingerprint density at radius 1 is 0.800 bits per heavy atom. The van der Waals surface area contributed by atoms with Gasteiger partial charge in [-0.25, -0.2) is 9.13 Å². The Bertz CT molecular complexity index is 1440. The van der Waals surface area contributed by atoms with Crippen LogP contribution >= 0.6 is 15.2 Å². The summed E-state index contributed by atoms with van der Waals surface area (Å²) in [5.41, 5.74) is 4.09. The highest BCUT2D eigenvalue weighted by Crippen LogP contribution is 2.56. The molecule has 0 N–H and O–H groups in total. The number of hydrogen-bond acceptors (Lipinski definition) is 10. The molecule has 45 heavy (non-hydrogen) atoms. The van der Waals surface area contributed by atoms with Crippen molar-refractivity contribution in [2.45, 2.75) is 99.6 Å². The second-order valence-electron chi connectivity index (χ2n) is 12.1. The average molecular weight is 667 g/mol. The third kappa shape index (κ3) is 12.4. The highest BCUT2D eigenvalue weighted by atomic mass is 31.2. The normalized spacial score (nSPS) is 14.6. The van der Waals surface area contributed by atoms with Crippen molar-refractivity contribution < 1.29 is 46.3 Å². The van der Waals surface area contributed by atoms with E-state index in [1.807, 2.05) is 32.0 Å². The number of allylic oxidation sites excluding steroid dienone is 1. The standard InChI is InChI=1S/C33H48O10P2/c1-13-14-15-16-26-20-29(40-44(11,36)42-32(7,8)38-24(5)34)31(28-19-23(4)17-18-27(28)22(2)3)30(21-26)41-45(12,37)43-33(9,10)39-25(6)35/h17-21H,2,13-16H2,1,3-12H3. The van der Waals surface area contributed by atoms with Crippen LogP contribution in [-0.2, 0) is 43.7 Å². The van der Waals surface area contributed by atoms with Gasteiger partial charge in [-0.3, -0.25) is 18.6 Å². The molecule has 0 saturated carbocycles. The topological polar surface area (TPSA) is 124 Å². The molecule has 0 aliphatic carbocycles. The largest absolute Gasteiger partial charge is 0.433 e. The second kappa shape index (κ2) is 15.1. The minimum Gasteiger partial charge on any atom is -0.433 e. The number of hydrogen-bond donors (Lipinski definition) is 0. The summed E-state index contributed by atoms with van der Waals surface area (Å²) in [6.07, 6.45) is 3.41. The summed E-state index contributed by atoms with van der Waals surface area (Å²) >= 11 is 0. The first-order valence-electron chi connectivity index (χ1n) is 14.8. The average Bonchev–Trinajstić information content (AvgIpc) is 2.80. The molecule has 250 valence electrons. The van der Waals surface area contributed by atoms with E-state index in [-0.39, 0.29) is 11.5 Å². The molecular weight excluding hydrogens is 618 g/mol. The fourth-order valence-corrected chi connectivity index (χ4v) is 7.69. The quantitative estimate of drug-likeness (QED) is 0.0740. The zero-order valence-electron chi connectivity index (χ0n) is 28.4. The molecule has 2 unspecified atom stereocenters. The van der Waals surface area contributed by atoms with E-state index < -0.39 is 38.7 Å². The number of carbonyl (C=O) groups is 2. The van der Waals surface area contributed by atoms with Crippen LogP contribution in [-0.4, -0.2) is 36.8 Å². The first-order chi connectivity index (χ1) is 20.6. The third-order valence-electron chi connectivity index (χ3n) is 6.18. The lowest BCUT2D eigenvalue weighted by molar-refractivity contribution is -0.186. The van der Waals surface area contributed by atoms with Crippen molar-refractivity contribution in [2.24, 2.45) is 0 Å². The van der Waals surface area contributed by atoms with Crippen molar-refractivity contribution in [3.05, 3.63) is 53.6 Å². The highest BCUT2D eigenvalue weighted by Gasteiger charge is 2.37. The fraction of sp³-hybridized carbons (Fsp3) is 0.515. The maximum atomic E-state index is 13.9. The Balaban J connectivity index is 2.88. The summed E-state index contributed by atoms with van der Waals surface area (Å²) in [6, 6.07) is 9.23. The zero-order valence-corrected chi connectivity index (χ0v) is 30.2. The van der Waals surface area contributed by atoms with E-state index in [0.29, 0.717) is 17.5 Å². The van der Waals surface area contributed by atoms with Crippen LogP contribution in [0, 0.1) is 6.92 Å². The molecule has 2 aromatic rings. The molecule has 0 spiro atoms. The summed E-state index contributed by atoms with van der Waals surface area (Å²) in [4.78, 5) is 23.3. The maximum Gasteiger partial charge on any atom is 0.379 e. The first kappa shape index (κ1) is 38.3. The van der Waals surface area contributed by atoms with Gasteiger partial charge in [-0.2, -0.15) is 0 Å². The number of aryl methyl sites for hydroxylation is 2. The van der Waals surface area contributed by atoms with Crippen molar-refractivity contribution in [3.8, 4) is 22.6 Å². The number of esters is 2. The molecule has 0 amide bonds. The van der Waals surface area contributed by atoms with Crippen LogP contribution in [0.2, 0.25) is 0 Å². The van der Waals surface area contributed by atoms with Gasteiger partial charge in [0.2, 0.25) is 11.6 Å². The number of unbranched alkanes of at least 4 members (excludes halogenated alkanes) is 2. The summed E-state index contributed by atoms with van der Waals surface area (Å²) < 4.78 is 62.0. The molecule has 0 radical (unpaired) electrons. The van der Waals surface area contributed by atoms with Gasteiger partial charge in [-0.05, 0) is 55.5 Å². The van der Waals surface area contributed by atoms with Gasteiger partial charge in [0, 0.05) is 41.5 Å². The Hall–Kier alpha value is -2.90. The van der Waals surface area contributed by atoms with E-state index in [1.165, 1.54) is 54.9 Å². The Labute approximate surface area is 267 Å². The summed E-state index contributed by atoms with van der Waals surface area (Å²) in [6.45, 7) is 20.8. The fourth-order valence-electron chi connectivity index (χ4n) is 4.94. The number of carbonyl (C=O) groups excluding carboxylic acids is 2. The first-order valence-corrected chi connectivity index (χ1v) is 18.8. The Morgan fingerprint density at radius 2 is 1.27 bits per heavy atom. The van der Waals surface area contributed by atoms with Crippen molar-refractivity contribution in [3.63, 3.8) is 0 Å². The van der Waals surface area contributed by atoms with Gasteiger partial charge in [0.1, 0.15) is 11.5 Å². The molecule has 2 aromatic carbocycles. The van der Waals surface area contributed by atoms with Crippen LogP contribution in [0.5, 0.6) is 11.5 Å². The lowest BCUT2D eigenvalue weighted by Gasteiger charge is -2.30. The number of rotatable bonds is 16. The minimum absolute atomic E-state index is 0.135. The van der Waals surface area contributed by atoms with Gasteiger partial charge in [0.15, 0.2) is 0 Å². The lowest BCUT2D eigenvalue weighted by Crippen LogP contribution is -2.30. The lowest BCUT2D eigenvalue weighted by atomic mass is 9.91. The second-order valence-corrected chi connectivity index (χ2v) is 16.0. The molecule has 0 heterocycles. The smallest absolute Gasteiger partial charge is 0.379 e. The van der Waals surface area contributed by atoms with E-state index in [4.69, 9.17) is 27.6 Å². The van der Waals surface area contributed by atoms with E-state index in [9.17, 15) is 18.7 Å². The predicted molar refractivity (Wildman–Crippen MR) is 177 cm³/mol. The van der Waals surface area contributed by atoms with Gasteiger partial charge >= 0.3 is 27.1 Å². The Morgan fingerprint density at radius 3 is 1.67 bits per heavy atom. The molecule has 0 saturated heterocycles. The van der Waals surface area contributed by atoms with Crippen molar-refractivity contribution in [1.29, 1.82) is 0 Å². The predicted octanol–water partition coefficient (Wildman–Crippen LogP) is 9.46. The number of benzene rings is 2. The van der Waals surface area contributed by atoms with Crippen LogP contribution in [0.3, 0.4) is 0 Å². The third-order valence-corrected chi connectivity index (χ3v) is 8.78. The van der Waals surface area contributed by atoms with Gasteiger partial charge in [-0.15, -0.1) is 0 Å². The summed E-state index contributed by atoms with van der Waals surface area (Å²) in [7, 11) is -7.95. The van der Waals surface area contributed by atoms with E-state index >= 15 is 0 Å². The van der Waals surface area contributed by atoms with Crippen LogP contribution in [0.1, 0.15) is 91.3 Å². The molecule has 2 rings (SSSR count). The minimum atomic E-state index is -3.98. The molecule has 0 bridgehead atoms. The molecule has 10 nitrogen and oxygen atoms in total. The van der Waals surface area contributed by atoms with Crippen LogP contribution < -0.4 is 9.05 Å². The van der Waals surface area contributed by atoms with Gasteiger partial charge in [0.25, 0.3) is 0 Å². The van der Waals surface area contributed by atoms with E-state index in [0.717, 1.165) is 41.5 Å². The summed E-state index contributed by atoms with van der Waals surface area (Å²) in [5.74, 6) is -4.08. The molecule has 0 fully saturated rings. The molecule has 2 atom stereocenters. The Kier molecular flexibility index (Phi) is 12.9. The highest BCUT2D eigenvalue weighted by molar-refractivity contribution is 7.53. The van der Waals surface area contributed by atoms with Gasteiger partial charge < -0.3 is 18.5 Å². The van der Waals surface area contributed by atoms with Crippen LogP contribution in [0.25, 0.3) is 16.7 Å². The van der Waals surface area contributed by atoms with Crippen molar-refractivity contribution >= 4 is 32.7 Å². The molecular formula is C33H48O10P2. The summed E-state index contributed by atoms with van der Waals surface area (Å²) in [5, 5.41) is 0. The molecule has 12 heteroatoms. The van der Waals surface area contributed by atoms with Crippen molar-refractivity contribution in [2.75, 3.05) is 13.3 Å².